The molecule has 8 nitrogen and oxygen atoms in total. The lowest BCUT2D eigenvalue weighted by molar-refractivity contribution is -0.115. The number of sulfonamides is 2. The van der Waals surface area contributed by atoms with Crippen LogP contribution in [0.5, 0.6) is 0 Å². The van der Waals surface area contributed by atoms with Crippen LogP contribution in [0, 0.1) is 0 Å². The second-order valence-corrected chi connectivity index (χ2v) is 11.3. The van der Waals surface area contributed by atoms with E-state index in [-0.39, 0.29) is 32.8 Å². The molecule has 2 N–H and O–H groups in total. The lowest BCUT2D eigenvalue weighted by atomic mass is 10.2. The summed E-state index contributed by atoms with van der Waals surface area (Å²) in [6.07, 6.45) is 2.64. The molecule has 0 radical (unpaired) electrons. The first-order chi connectivity index (χ1) is 14.2. The molecule has 0 bridgehead atoms. The number of piperidine rings is 1. The number of hydrogen-bond donors (Lipinski definition) is 2. The van der Waals surface area contributed by atoms with Crippen molar-refractivity contribution in [3.8, 4) is 0 Å². The van der Waals surface area contributed by atoms with Crippen LogP contribution in [0.1, 0.15) is 24.8 Å². The van der Waals surface area contributed by atoms with E-state index >= 15 is 0 Å². The molecule has 1 saturated heterocycles. The summed E-state index contributed by atoms with van der Waals surface area (Å²) in [5, 5.41) is 2.68. The van der Waals surface area contributed by atoms with Crippen LogP contribution in [0.15, 0.2) is 46.2 Å². The molecule has 0 aromatic heterocycles. The van der Waals surface area contributed by atoms with Crippen molar-refractivity contribution in [1.82, 2.24) is 4.31 Å². The monoisotopic (exact) mass is 469 g/mol. The normalized spacial score (nSPS) is 17.4. The number of nitrogens with one attached hydrogen (secondary N) is 2. The third kappa shape index (κ3) is 4.04. The predicted molar refractivity (Wildman–Crippen MR) is 114 cm³/mol. The smallest absolute Gasteiger partial charge is 0.261 e. The second-order valence-electron chi connectivity index (χ2n) is 7.26. The Kier molecular flexibility index (Phi) is 5.52. The number of carbonyl (C=O) groups excluding carboxylic acids is 1. The number of benzene rings is 2. The minimum Gasteiger partial charge on any atom is -0.326 e. The zero-order valence-corrected chi connectivity index (χ0v) is 18.3. The van der Waals surface area contributed by atoms with Crippen molar-refractivity contribution in [2.45, 2.75) is 35.5 Å². The lowest BCUT2D eigenvalue weighted by Gasteiger charge is -2.26. The first-order valence-electron chi connectivity index (χ1n) is 9.42. The molecular formula is C19H20ClN3O5S2. The molecule has 30 heavy (non-hydrogen) atoms. The molecule has 0 aliphatic carbocycles. The maximum Gasteiger partial charge on any atom is 0.261 e. The molecule has 0 spiro atoms. The van der Waals surface area contributed by atoms with Crippen molar-refractivity contribution < 1.29 is 21.6 Å². The first kappa shape index (κ1) is 21.1. The first-order valence-corrected chi connectivity index (χ1v) is 12.7. The molecule has 1 fully saturated rings. The molecule has 2 aliphatic heterocycles. The van der Waals surface area contributed by atoms with Crippen LogP contribution in [-0.2, 0) is 31.3 Å². The summed E-state index contributed by atoms with van der Waals surface area (Å²) in [6.45, 7) is 0.826. The van der Waals surface area contributed by atoms with Gasteiger partial charge >= 0.3 is 0 Å². The van der Waals surface area contributed by atoms with Gasteiger partial charge in [0.1, 0.15) is 4.90 Å². The molecule has 0 unspecified atom stereocenters. The fourth-order valence-electron chi connectivity index (χ4n) is 3.60. The predicted octanol–water partition coefficient (Wildman–Crippen LogP) is 2.81. The van der Waals surface area contributed by atoms with E-state index in [9.17, 15) is 21.6 Å². The number of fused-ring (bicyclic) bond motifs is 1. The van der Waals surface area contributed by atoms with Crippen molar-refractivity contribution in [1.29, 1.82) is 0 Å². The Balaban J connectivity index is 1.63. The molecule has 2 aliphatic rings. The summed E-state index contributed by atoms with van der Waals surface area (Å²) in [5.41, 5.74) is 1.26. The average molecular weight is 470 g/mol. The van der Waals surface area contributed by atoms with E-state index in [4.69, 9.17) is 11.6 Å². The third-order valence-corrected chi connectivity index (χ3v) is 8.89. The van der Waals surface area contributed by atoms with E-state index in [1.54, 1.807) is 0 Å². The molecule has 0 atom stereocenters. The standard InChI is InChI=1S/C19H20ClN3O5S2/c20-16-6-4-14(12-18(16)30(27,28)23-8-2-1-3-9-23)22-29(25,26)15-5-7-17-13(10-15)11-19(24)21-17/h4-7,10,12,22H,1-3,8-9,11H2,(H,21,24). The quantitative estimate of drug-likeness (QED) is 0.699. The molecule has 2 aromatic carbocycles. The van der Waals surface area contributed by atoms with Gasteiger partial charge in [-0.15, -0.1) is 0 Å². The largest absolute Gasteiger partial charge is 0.326 e. The van der Waals surface area contributed by atoms with Gasteiger partial charge in [-0.1, -0.05) is 18.0 Å². The number of rotatable bonds is 5. The summed E-state index contributed by atoms with van der Waals surface area (Å²) in [4.78, 5) is 11.3. The van der Waals surface area contributed by atoms with Gasteiger partial charge in [0, 0.05) is 18.8 Å². The summed E-state index contributed by atoms with van der Waals surface area (Å²) >= 11 is 6.14. The van der Waals surface area contributed by atoms with Crippen LogP contribution in [0.2, 0.25) is 5.02 Å². The molecule has 160 valence electrons. The Bertz CT molecular complexity index is 1220. The summed E-state index contributed by atoms with van der Waals surface area (Å²) in [5.74, 6) is -0.197. The highest BCUT2D eigenvalue weighted by Crippen LogP contribution is 2.31. The molecule has 1 amide bonds. The summed E-state index contributed by atoms with van der Waals surface area (Å²) in [7, 11) is -7.82. The summed E-state index contributed by atoms with van der Waals surface area (Å²) < 4.78 is 55.4. The van der Waals surface area contributed by atoms with E-state index in [0.717, 1.165) is 19.3 Å². The number of amides is 1. The van der Waals surface area contributed by atoms with Gasteiger partial charge in [-0.05, 0) is 54.8 Å². The number of nitrogens with zero attached hydrogens (tertiary/aromatic N) is 1. The molecule has 4 rings (SSSR count). The Morgan fingerprint density at radius 2 is 1.70 bits per heavy atom. The Morgan fingerprint density at radius 1 is 0.967 bits per heavy atom. The minimum atomic E-state index is -3.99. The number of carbonyl (C=O) groups is 1. The third-order valence-electron chi connectivity index (χ3n) is 5.13. The fraction of sp³-hybridized carbons (Fsp3) is 0.316. The van der Waals surface area contributed by atoms with Gasteiger partial charge in [0.2, 0.25) is 15.9 Å². The van der Waals surface area contributed by atoms with Gasteiger partial charge in [0.05, 0.1) is 22.0 Å². The number of hydrogen-bond acceptors (Lipinski definition) is 5. The Morgan fingerprint density at radius 3 is 2.43 bits per heavy atom. The van der Waals surface area contributed by atoms with Crippen LogP contribution >= 0.6 is 11.6 Å². The van der Waals surface area contributed by atoms with Crippen LogP contribution < -0.4 is 10.0 Å². The molecule has 2 heterocycles. The van der Waals surface area contributed by atoms with Crippen LogP contribution in [0.25, 0.3) is 0 Å². The maximum absolute atomic E-state index is 13.0. The van der Waals surface area contributed by atoms with E-state index in [2.05, 4.69) is 10.0 Å². The van der Waals surface area contributed by atoms with Gasteiger partial charge in [-0.25, -0.2) is 16.8 Å². The van der Waals surface area contributed by atoms with Crippen molar-refractivity contribution in [3.63, 3.8) is 0 Å². The summed E-state index contributed by atoms with van der Waals surface area (Å²) in [6, 6.07) is 8.35. The topological polar surface area (TPSA) is 113 Å². The lowest BCUT2D eigenvalue weighted by Crippen LogP contribution is -2.35. The molecular weight excluding hydrogens is 450 g/mol. The fourth-order valence-corrected chi connectivity index (χ4v) is 6.71. The zero-order valence-electron chi connectivity index (χ0n) is 15.9. The highest BCUT2D eigenvalue weighted by atomic mass is 35.5. The van der Waals surface area contributed by atoms with Crippen LogP contribution in [0.3, 0.4) is 0 Å². The highest BCUT2D eigenvalue weighted by molar-refractivity contribution is 7.92. The van der Waals surface area contributed by atoms with Gasteiger partial charge in [0.15, 0.2) is 0 Å². The van der Waals surface area contributed by atoms with Crippen molar-refractivity contribution >= 4 is 48.9 Å². The Labute approximate surface area is 180 Å². The van der Waals surface area contributed by atoms with Gasteiger partial charge in [-0.2, -0.15) is 4.31 Å². The maximum atomic E-state index is 13.0. The zero-order chi connectivity index (χ0) is 21.5. The van der Waals surface area contributed by atoms with Gasteiger partial charge in [0.25, 0.3) is 10.0 Å². The average Bonchev–Trinajstić information content (AvgIpc) is 3.09. The van der Waals surface area contributed by atoms with Crippen LogP contribution in [-0.4, -0.2) is 40.1 Å². The minimum absolute atomic E-state index is 0.0202. The van der Waals surface area contributed by atoms with Crippen molar-refractivity contribution in [2.24, 2.45) is 0 Å². The molecule has 11 heteroatoms. The van der Waals surface area contributed by atoms with Gasteiger partial charge < -0.3 is 5.32 Å². The number of anilines is 2. The Hall–Kier alpha value is -2.14. The van der Waals surface area contributed by atoms with E-state index in [0.29, 0.717) is 24.3 Å². The molecule has 2 aromatic rings. The van der Waals surface area contributed by atoms with E-state index < -0.39 is 20.0 Å². The van der Waals surface area contributed by atoms with Crippen molar-refractivity contribution in [2.75, 3.05) is 23.1 Å². The van der Waals surface area contributed by atoms with Crippen LogP contribution in [0.4, 0.5) is 11.4 Å². The second kappa shape index (κ2) is 7.84. The highest BCUT2D eigenvalue weighted by Gasteiger charge is 2.29. The SMILES string of the molecule is O=C1Cc2cc(S(=O)(=O)Nc3ccc(Cl)c(S(=O)(=O)N4CCCCC4)c3)ccc2N1. The molecule has 0 saturated carbocycles. The van der Waals surface area contributed by atoms with Crippen molar-refractivity contribution in [3.05, 3.63) is 47.0 Å². The van der Waals surface area contributed by atoms with E-state index in [1.807, 2.05) is 0 Å². The number of halogens is 1. The van der Waals surface area contributed by atoms with Gasteiger partial charge in [-0.3, -0.25) is 9.52 Å². The van der Waals surface area contributed by atoms with E-state index in [1.165, 1.54) is 40.7 Å².